The number of carbonyl (C=O) groups excluding carboxylic acids is 6. The number of rotatable bonds is 17. The SMILES string of the molecule is CC(=O)N(C)c1c(I)c(C(=O)CN(C(C)=O)c2c(I)c(C(=O)NCC(O)CO)c(I)c(C(=O)NCC(O)CO)c2I)c(I)c(C(=O)NCC(O)CO)c1I. The molecule has 54 heavy (non-hydrogen) atoms. The Morgan fingerprint density at radius 1 is 0.537 bits per heavy atom. The lowest BCUT2D eigenvalue weighted by Gasteiger charge is -2.28. The van der Waals surface area contributed by atoms with Crippen LogP contribution in [0.25, 0.3) is 0 Å². The van der Waals surface area contributed by atoms with E-state index in [0.717, 1.165) is 11.8 Å². The van der Waals surface area contributed by atoms with E-state index in [4.69, 9.17) is 0 Å². The summed E-state index contributed by atoms with van der Waals surface area (Å²) in [4.78, 5) is 83.6. The van der Waals surface area contributed by atoms with Crippen LogP contribution in [0.2, 0.25) is 0 Å². The molecule has 298 valence electrons. The van der Waals surface area contributed by atoms with Crippen LogP contribution in [0.15, 0.2) is 0 Å². The summed E-state index contributed by atoms with van der Waals surface area (Å²) in [7, 11) is 1.46. The smallest absolute Gasteiger partial charge is 0.253 e. The van der Waals surface area contributed by atoms with E-state index in [1.807, 2.05) is 67.8 Å². The number of amides is 5. The molecule has 0 radical (unpaired) electrons. The zero-order valence-corrected chi connectivity index (χ0v) is 41.4. The molecule has 0 aliphatic rings. The summed E-state index contributed by atoms with van der Waals surface area (Å²) in [5.41, 5.74) is -0.0190. The Kier molecular flexibility index (Phi) is 20.9. The molecular weight excluding hydrogens is 1400 g/mol. The van der Waals surface area contributed by atoms with Crippen molar-refractivity contribution in [2.24, 2.45) is 0 Å². The average Bonchev–Trinajstić information content (AvgIpc) is 3.10. The largest absolute Gasteiger partial charge is 0.394 e. The Morgan fingerprint density at radius 2 is 0.852 bits per heavy atom. The minimum atomic E-state index is -1.31. The summed E-state index contributed by atoms with van der Waals surface area (Å²) in [5, 5.41) is 64.8. The van der Waals surface area contributed by atoms with Gasteiger partial charge in [0.15, 0.2) is 5.78 Å². The van der Waals surface area contributed by atoms with Crippen LogP contribution in [-0.2, 0) is 9.59 Å². The lowest BCUT2D eigenvalue weighted by atomic mass is 10.0. The number of benzene rings is 2. The highest BCUT2D eigenvalue weighted by Crippen LogP contribution is 2.40. The van der Waals surface area contributed by atoms with Crippen LogP contribution in [0.3, 0.4) is 0 Å². The maximum atomic E-state index is 14.5. The first-order valence-electron chi connectivity index (χ1n) is 15.4. The van der Waals surface area contributed by atoms with Gasteiger partial charge < -0.3 is 56.4 Å². The first-order valence-corrected chi connectivity index (χ1v) is 21.8. The van der Waals surface area contributed by atoms with Gasteiger partial charge in [-0.05, 0) is 136 Å². The molecule has 0 aliphatic carbocycles. The maximum absolute atomic E-state index is 14.5. The number of aliphatic hydroxyl groups excluding tert-OH is 6. The minimum absolute atomic E-state index is 0.00550. The van der Waals surface area contributed by atoms with Gasteiger partial charge in [0, 0.05) is 56.8 Å². The number of anilines is 2. The molecule has 5 amide bonds. The minimum Gasteiger partial charge on any atom is -0.394 e. The summed E-state index contributed by atoms with van der Waals surface area (Å²) < 4.78 is 1.13. The van der Waals surface area contributed by atoms with Crippen molar-refractivity contribution in [3.05, 3.63) is 43.7 Å². The molecule has 23 heteroatoms. The number of nitrogens with one attached hydrogen (secondary N) is 3. The van der Waals surface area contributed by atoms with Gasteiger partial charge in [0.1, 0.15) is 0 Å². The van der Waals surface area contributed by atoms with Gasteiger partial charge in [0.25, 0.3) is 17.7 Å². The number of Topliss-reactive ketones (excluding diaryl/α,β-unsaturated/α-hetero) is 1. The Bertz CT molecular complexity index is 1760. The van der Waals surface area contributed by atoms with Crippen molar-refractivity contribution in [3.63, 3.8) is 0 Å². The predicted octanol–water partition coefficient (Wildman–Crippen LogP) is 0.782. The summed E-state index contributed by atoms with van der Waals surface area (Å²) in [6.45, 7) is -1.20. The number of hydrogen-bond donors (Lipinski definition) is 9. The molecule has 0 aliphatic heterocycles. The quantitative estimate of drug-likeness (QED) is 0.0787. The molecule has 2 aromatic rings. The van der Waals surface area contributed by atoms with E-state index in [1.165, 1.54) is 18.9 Å². The number of carbonyl (C=O) groups is 6. The molecule has 17 nitrogen and oxygen atoms in total. The number of halogens is 6. The molecule has 0 heterocycles. The molecule has 2 aromatic carbocycles. The molecule has 0 saturated carbocycles. The van der Waals surface area contributed by atoms with Crippen LogP contribution in [-0.4, -0.2) is 137 Å². The van der Waals surface area contributed by atoms with Crippen molar-refractivity contribution < 1.29 is 59.4 Å². The number of aliphatic hydroxyl groups is 6. The van der Waals surface area contributed by atoms with Crippen LogP contribution in [0.5, 0.6) is 0 Å². The Balaban J connectivity index is 2.93. The van der Waals surface area contributed by atoms with E-state index in [0.29, 0.717) is 3.57 Å². The number of hydrogen-bond acceptors (Lipinski definition) is 12. The third-order valence-corrected chi connectivity index (χ3v) is 13.8. The number of ketones is 1. The number of nitrogens with zero attached hydrogens (tertiary/aromatic N) is 2. The van der Waals surface area contributed by atoms with Crippen molar-refractivity contribution in [2.75, 3.05) is 62.8 Å². The molecule has 0 saturated heterocycles. The van der Waals surface area contributed by atoms with Crippen molar-refractivity contribution in [1.29, 1.82) is 0 Å². The highest BCUT2D eigenvalue weighted by Gasteiger charge is 2.35. The lowest BCUT2D eigenvalue weighted by Crippen LogP contribution is -2.40. The normalized spacial score (nSPS) is 12.7. The molecule has 0 fully saturated rings. The van der Waals surface area contributed by atoms with E-state index >= 15 is 0 Å². The summed E-state index contributed by atoms with van der Waals surface area (Å²) in [6.07, 6.45) is -3.88. The van der Waals surface area contributed by atoms with Gasteiger partial charge >= 0.3 is 0 Å². The van der Waals surface area contributed by atoms with E-state index in [-0.39, 0.29) is 71.1 Å². The Morgan fingerprint density at radius 3 is 1.17 bits per heavy atom. The molecular formula is C31H35I6N5O12. The van der Waals surface area contributed by atoms with E-state index < -0.39 is 80.0 Å². The first-order chi connectivity index (χ1) is 25.2. The maximum Gasteiger partial charge on any atom is 0.253 e. The average molecular weight is 1430 g/mol. The molecule has 3 atom stereocenters. The fourth-order valence-corrected chi connectivity index (χ4v) is 14.2. The highest BCUT2D eigenvalue weighted by atomic mass is 127. The van der Waals surface area contributed by atoms with Crippen LogP contribution in [0.1, 0.15) is 55.3 Å². The first kappa shape index (κ1) is 49.7. The molecule has 3 unspecified atom stereocenters. The molecule has 2 rings (SSSR count). The fraction of sp³-hybridized carbons (Fsp3) is 0.419. The molecule has 0 bridgehead atoms. The van der Waals surface area contributed by atoms with Gasteiger partial charge in [-0.3, -0.25) is 28.8 Å². The summed E-state index contributed by atoms with van der Waals surface area (Å²) in [6, 6.07) is 0. The van der Waals surface area contributed by atoms with Crippen LogP contribution in [0, 0.1) is 21.4 Å². The van der Waals surface area contributed by atoms with E-state index in [1.54, 1.807) is 67.8 Å². The summed E-state index contributed by atoms with van der Waals surface area (Å²) >= 11 is 10.9. The van der Waals surface area contributed by atoms with Gasteiger partial charge in [0.05, 0.1) is 83.5 Å². The van der Waals surface area contributed by atoms with Crippen LogP contribution >= 0.6 is 136 Å². The zero-order chi connectivity index (χ0) is 41.4. The zero-order valence-electron chi connectivity index (χ0n) is 28.5. The fourth-order valence-electron chi connectivity index (χ4n) is 4.49. The predicted molar refractivity (Wildman–Crippen MR) is 247 cm³/mol. The Labute approximate surface area is 391 Å². The second-order valence-electron chi connectivity index (χ2n) is 11.3. The van der Waals surface area contributed by atoms with Gasteiger partial charge in [-0.25, -0.2) is 0 Å². The highest BCUT2D eigenvalue weighted by molar-refractivity contribution is 14.1. The van der Waals surface area contributed by atoms with Crippen molar-refractivity contribution >= 4 is 182 Å². The van der Waals surface area contributed by atoms with E-state index in [2.05, 4.69) is 16.0 Å². The standard InChI is InChI=1S/C31H35I6N5O12/c1-11(46)41(3)27-23(34)17(21(32)18(24(27)35)29(52)38-4-13(48)8-43)16(51)7-42(12(2)47)28-25(36)19(30(53)39-5-14(49)9-44)22(33)20(26(28)37)31(54)40-6-15(50)10-45/h13-15,43-45,48-50H,4-10H2,1-3H3,(H,38,52)(H,39,53)(H,40,54). The van der Waals surface area contributed by atoms with Gasteiger partial charge in [0.2, 0.25) is 11.8 Å². The topological polar surface area (TPSA) is 266 Å². The van der Waals surface area contributed by atoms with Crippen LogP contribution in [0.4, 0.5) is 11.4 Å². The second kappa shape index (κ2) is 22.7. The van der Waals surface area contributed by atoms with Crippen molar-refractivity contribution in [2.45, 2.75) is 32.2 Å². The van der Waals surface area contributed by atoms with Crippen molar-refractivity contribution in [1.82, 2.24) is 16.0 Å². The third-order valence-electron chi connectivity index (χ3n) is 7.43. The second-order valence-corrected chi connectivity index (χ2v) is 17.8. The lowest BCUT2D eigenvalue weighted by molar-refractivity contribution is -0.117. The molecule has 9 N–H and O–H groups in total. The van der Waals surface area contributed by atoms with E-state index in [9.17, 15) is 59.4 Å². The molecule has 0 aromatic heterocycles. The summed E-state index contributed by atoms with van der Waals surface area (Å²) in [5.74, 6) is -4.08. The van der Waals surface area contributed by atoms with Gasteiger partial charge in [-0.15, -0.1) is 0 Å². The van der Waals surface area contributed by atoms with Crippen LogP contribution < -0.4 is 25.8 Å². The monoisotopic (exact) mass is 1430 g/mol. The Hall–Kier alpha value is -0.400. The third kappa shape index (κ3) is 12.1. The van der Waals surface area contributed by atoms with Gasteiger partial charge in [-0.2, -0.15) is 0 Å². The molecule has 0 spiro atoms. The van der Waals surface area contributed by atoms with Crippen molar-refractivity contribution in [3.8, 4) is 0 Å². The van der Waals surface area contributed by atoms with Gasteiger partial charge in [-0.1, -0.05) is 0 Å².